The number of carbonyl (C=O) groups is 1. The van der Waals surface area contributed by atoms with Crippen LogP contribution in [0.4, 0.5) is 0 Å². The maximum atomic E-state index is 12.8. The first-order valence-electron chi connectivity index (χ1n) is 9.75. The summed E-state index contributed by atoms with van der Waals surface area (Å²) in [5, 5.41) is 7.70. The Morgan fingerprint density at radius 3 is 2.66 bits per heavy atom. The molecule has 0 bridgehead atoms. The molecular weight excluding hydrogens is 390 g/mol. The highest BCUT2D eigenvalue weighted by Crippen LogP contribution is 2.25. The summed E-state index contributed by atoms with van der Waals surface area (Å²) in [4.78, 5) is 40.1. The number of piperazine rings is 1. The van der Waals surface area contributed by atoms with E-state index < -0.39 is 0 Å². The van der Waals surface area contributed by atoms with Crippen molar-refractivity contribution >= 4 is 27.5 Å². The van der Waals surface area contributed by atoms with E-state index in [4.69, 9.17) is 0 Å². The second kappa shape index (κ2) is 8.03. The van der Waals surface area contributed by atoms with Gasteiger partial charge in [0.1, 0.15) is 10.7 Å². The molecule has 1 amide bonds. The summed E-state index contributed by atoms with van der Waals surface area (Å²) in [7, 11) is 0. The van der Waals surface area contributed by atoms with Gasteiger partial charge in [0.05, 0.1) is 18.3 Å². The lowest BCUT2D eigenvalue weighted by Crippen LogP contribution is -2.48. The minimum atomic E-state index is -0.0590. The number of rotatable bonds is 5. The number of nitrogens with zero attached hydrogens (tertiary/aromatic N) is 6. The molecule has 1 fully saturated rings. The number of hydrogen-bond acceptors (Lipinski definition) is 7. The minimum absolute atomic E-state index is 0.0590. The van der Waals surface area contributed by atoms with Gasteiger partial charge in [0, 0.05) is 44.0 Å². The van der Waals surface area contributed by atoms with Gasteiger partial charge < -0.3 is 4.90 Å². The van der Waals surface area contributed by atoms with Crippen LogP contribution in [0.25, 0.3) is 10.2 Å². The van der Waals surface area contributed by atoms with Crippen molar-refractivity contribution in [1.82, 2.24) is 34.5 Å². The SMILES string of the molecule is Cc1nc(CN2CCN(C(=O)CCn3cnc4sc(C)c(C)c4c3=O)CC2)n[nH]1. The molecule has 0 aliphatic carbocycles. The fourth-order valence-electron chi connectivity index (χ4n) is 3.62. The van der Waals surface area contributed by atoms with Gasteiger partial charge in [0.25, 0.3) is 5.56 Å². The maximum absolute atomic E-state index is 12.8. The van der Waals surface area contributed by atoms with Crippen LogP contribution < -0.4 is 5.56 Å². The van der Waals surface area contributed by atoms with Crippen LogP contribution in [-0.2, 0) is 17.9 Å². The molecule has 0 unspecified atom stereocenters. The van der Waals surface area contributed by atoms with E-state index in [1.165, 1.54) is 11.3 Å². The zero-order valence-electron chi connectivity index (χ0n) is 16.9. The predicted octanol–water partition coefficient (Wildman–Crippen LogP) is 1.24. The molecule has 154 valence electrons. The van der Waals surface area contributed by atoms with Gasteiger partial charge in [-0.05, 0) is 26.3 Å². The molecule has 1 aliphatic heterocycles. The molecule has 1 N–H and O–H groups in total. The van der Waals surface area contributed by atoms with Crippen LogP contribution in [0.2, 0.25) is 0 Å². The summed E-state index contributed by atoms with van der Waals surface area (Å²) in [5.74, 6) is 1.66. The highest BCUT2D eigenvalue weighted by molar-refractivity contribution is 7.18. The molecule has 1 aliphatic rings. The summed E-state index contributed by atoms with van der Waals surface area (Å²) in [6, 6.07) is 0. The summed E-state index contributed by atoms with van der Waals surface area (Å²) < 4.78 is 1.56. The van der Waals surface area contributed by atoms with Gasteiger partial charge in [0.15, 0.2) is 5.82 Å². The number of nitrogens with one attached hydrogen (secondary N) is 1. The lowest BCUT2D eigenvalue weighted by molar-refractivity contribution is -0.133. The number of aryl methyl sites for hydroxylation is 4. The average molecular weight is 416 g/mol. The van der Waals surface area contributed by atoms with Crippen molar-refractivity contribution in [2.24, 2.45) is 0 Å². The van der Waals surface area contributed by atoms with Crippen molar-refractivity contribution in [1.29, 1.82) is 0 Å². The molecule has 10 heteroatoms. The van der Waals surface area contributed by atoms with Gasteiger partial charge in [0.2, 0.25) is 5.91 Å². The first kappa shape index (κ1) is 19.7. The van der Waals surface area contributed by atoms with E-state index in [9.17, 15) is 9.59 Å². The fraction of sp³-hybridized carbons (Fsp3) is 0.526. The normalized spacial score (nSPS) is 15.3. The maximum Gasteiger partial charge on any atom is 0.262 e. The van der Waals surface area contributed by atoms with Crippen LogP contribution in [0.3, 0.4) is 0 Å². The molecule has 0 spiro atoms. The van der Waals surface area contributed by atoms with E-state index >= 15 is 0 Å². The molecule has 0 aromatic carbocycles. The average Bonchev–Trinajstić information content (AvgIpc) is 3.24. The number of fused-ring (bicyclic) bond motifs is 1. The molecule has 3 aromatic rings. The van der Waals surface area contributed by atoms with E-state index in [1.54, 1.807) is 10.9 Å². The monoisotopic (exact) mass is 415 g/mol. The largest absolute Gasteiger partial charge is 0.340 e. The molecule has 4 heterocycles. The summed E-state index contributed by atoms with van der Waals surface area (Å²) in [6.07, 6.45) is 1.86. The zero-order chi connectivity index (χ0) is 20.5. The molecule has 4 rings (SSSR count). The van der Waals surface area contributed by atoms with Crippen LogP contribution in [0.5, 0.6) is 0 Å². The number of hydrogen-bond donors (Lipinski definition) is 1. The van der Waals surface area contributed by atoms with Crippen LogP contribution >= 0.6 is 11.3 Å². The van der Waals surface area contributed by atoms with Crippen molar-refractivity contribution in [3.63, 3.8) is 0 Å². The summed E-state index contributed by atoms with van der Waals surface area (Å²) >= 11 is 1.54. The second-order valence-corrected chi connectivity index (χ2v) is 8.65. The number of H-pyrrole nitrogens is 1. The van der Waals surface area contributed by atoms with Crippen molar-refractivity contribution in [2.75, 3.05) is 26.2 Å². The van der Waals surface area contributed by atoms with Gasteiger partial charge in [-0.15, -0.1) is 11.3 Å². The van der Waals surface area contributed by atoms with Gasteiger partial charge in [-0.25, -0.2) is 9.97 Å². The zero-order valence-corrected chi connectivity index (χ0v) is 17.8. The van der Waals surface area contributed by atoms with Crippen molar-refractivity contribution in [3.05, 3.63) is 38.8 Å². The van der Waals surface area contributed by atoms with E-state index in [0.29, 0.717) is 38.0 Å². The van der Waals surface area contributed by atoms with Gasteiger partial charge >= 0.3 is 0 Å². The predicted molar refractivity (Wildman–Crippen MR) is 111 cm³/mol. The second-order valence-electron chi connectivity index (χ2n) is 7.45. The van der Waals surface area contributed by atoms with Crippen LogP contribution in [0.15, 0.2) is 11.1 Å². The minimum Gasteiger partial charge on any atom is -0.340 e. The third kappa shape index (κ3) is 4.08. The van der Waals surface area contributed by atoms with E-state index in [-0.39, 0.29) is 11.5 Å². The van der Waals surface area contributed by atoms with Crippen molar-refractivity contribution in [3.8, 4) is 0 Å². The lowest BCUT2D eigenvalue weighted by Gasteiger charge is -2.34. The number of aromatic amines is 1. The topological polar surface area (TPSA) is 100 Å². The Kier molecular flexibility index (Phi) is 5.46. The highest BCUT2D eigenvalue weighted by atomic mass is 32.1. The van der Waals surface area contributed by atoms with E-state index in [0.717, 1.165) is 40.0 Å². The summed E-state index contributed by atoms with van der Waals surface area (Å²) in [6.45, 7) is 9.81. The Balaban J connectivity index is 1.32. The first-order chi connectivity index (χ1) is 13.9. The van der Waals surface area contributed by atoms with Gasteiger partial charge in [-0.1, -0.05) is 0 Å². The molecule has 0 atom stereocenters. The molecule has 29 heavy (non-hydrogen) atoms. The fourth-order valence-corrected chi connectivity index (χ4v) is 4.61. The summed E-state index contributed by atoms with van der Waals surface area (Å²) in [5.41, 5.74) is 0.928. The number of thiophene rings is 1. The molecule has 9 nitrogen and oxygen atoms in total. The van der Waals surface area contributed by atoms with E-state index in [2.05, 4.69) is 25.1 Å². The number of carbonyl (C=O) groups excluding carboxylic acids is 1. The smallest absolute Gasteiger partial charge is 0.262 e. The molecule has 0 saturated carbocycles. The van der Waals surface area contributed by atoms with E-state index in [1.807, 2.05) is 25.7 Å². The number of aromatic nitrogens is 5. The van der Waals surface area contributed by atoms with Crippen molar-refractivity contribution in [2.45, 2.75) is 40.3 Å². The molecule has 3 aromatic heterocycles. The Morgan fingerprint density at radius 1 is 1.21 bits per heavy atom. The quantitative estimate of drug-likeness (QED) is 0.673. The molecular formula is C19H25N7O2S. The van der Waals surface area contributed by atoms with Gasteiger partial charge in [-0.2, -0.15) is 5.10 Å². The Morgan fingerprint density at radius 2 is 1.97 bits per heavy atom. The first-order valence-corrected chi connectivity index (χ1v) is 10.6. The number of amides is 1. The Bertz CT molecular complexity index is 1090. The van der Waals surface area contributed by atoms with Crippen LogP contribution in [0.1, 0.15) is 28.5 Å². The standard InChI is InChI=1S/C19H25N7O2S/c1-12-13(2)29-18-17(12)19(28)26(11-20-18)5-4-16(27)25-8-6-24(7-9-25)10-15-21-14(3)22-23-15/h11H,4-10H2,1-3H3,(H,21,22,23). The Hall–Kier alpha value is -2.59. The third-order valence-electron chi connectivity index (χ3n) is 5.46. The lowest BCUT2D eigenvalue weighted by atomic mass is 10.2. The molecule has 0 radical (unpaired) electrons. The highest BCUT2D eigenvalue weighted by Gasteiger charge is 2.22. The van der Waals surface area contributed by atoms with Crippen LogP contribution in [-0.4, -0.2) is 66.6 Å². The molecule has 1 saturated heterocycles. The third-order valence-corrected chi connectivity index (χ3v) is 6.57. The van der Waals surface area contributed by atoms with Gasteiger partial charge in [-0.3, -0.25) is 24.2 Å². The Labute approximate surface area is 172 Å². The van der Waals surface area contributed by atoms with Crippen molar-refractivity contribution < 1.29 is 4.79 Å². The van der Waals surface area contributed by atoms with Crippen LogP contribution in [0, 0.1) is 20.8 Å².